The molecule has 0 nitrogen and oxygen atoms in total. The van der Waals surface area contributed by atoms with Crippen LogP contribution in [-0.4, -0.2) is 0 Å². The molecular formula is C50H102. The van der Waals surface area contributed by atoms with Crippen molar-refractivity contribution in [3.63, 3.8) is 0 Å². The fraction of sp³-hybridized carbons (Fsp3) is 1.00. The predicted molar refractivity (Wildman–Crippen MR) is 232 cm³/mol. The molecule has 0 amide bonds. The topological polar surface area (TPSA) is 0 Å². The molecule has 0 aliphatic carbocycles. The minimum Gasteiger partial charge on any atom is -0.0654 e. The molecule has 0 N–H and O–H groups in total. The summed E-state index contributed by atoms with van der Waals surface area (Å²) >= 11 is 0. The van der Waals surface area contributed by atoms with E-state index >= 15 is 0 Å². The molecule has 0 saturated heterocycles. The van der Waals surface area contributed by atoms with E-state index in [1.54, 1.807) is 0 Å². The molecule has 0 aliphatic heterocycles. The maximum absolute atomic E-state index is 2.82. The molecule has 0 rings (SSSR count). The standard InChI is InChI=1S/C50H102/c1-11-19-24-28-31-33-38-43(9)46(18-8)50(42-35-27-22-14-4)49(37-16-6)48(41-32-23-15-5)44(10)47(40-36-30-26-21-13-3)45(17-7)39-34-29-25-20-12-2/h43-50H,11-42H2,1-10H3. The van der Waals surface area contributed by atoms with E-state index < -0.39 is 0 Å². The van der Waals surface area contributed by atoms with Crippen molar-refractivity contribution in [1.29, 1.82) is 0 Å². The lowest BCUT2D eigenvalue weighted by molar-refractivity contribution is 0.0333. The van der Waals surface area contributed by atoms with Crippen LogP contribution in [0.2, 0.25) is 0 Å². The van der Waals surface area contributed by atoms with Crippen LogP contribution in [0.1, 0.15) is 275 Å². The van der Waals surface area contributed by atoms with Gasteiger partial charge in [-0.15, -0.1) is 0 Å². The summed E-state index contributed by atoms with van der Waals surface area (Å²) in [7, 11) is 0. The molecule has 8 unspecified atom stereocenters. The highest BCUT2D eigenvalue weighted by Crippen LogP contribution is 2.48. The molecule has 302 valence electrons. The second-order valence-corrected chi connectivity index (χ2v) is 17.8. The van der Waals surface area contributed by atoms with Crippen molar-refractivity contribution < 1.29 is 0 Å². The molecule has 0 fully saturated rings. The third kappa shape index (κ3) is 22.9. The van der Waals surface area contributed by atoms with Crippen LogP contribution in [0.5, 0.6) is 0 Å². The quantitative estimate of drug-likeness (QED) is 0.0559. The monoisotopic (exact) mass is 703 g/mol. The van der Waals surface area contributed by atoms with Gasteiger partial charge in [0.15, 0.2) is 0 Å². The molecule has 0 aromatic rings. The molecule has 0 saturated carbocycles. The molecule has 0 heteroatoms. The van der Waals surface area contributed by atoms with Gasteiger partial charge in [-0.2, -0.15) is 0 Å². The van der Waals surface area contributed by atoms with Crippen LogP contribution >= 0.6 is 0 Å². The van der Waals surface area contributed by atoms with Gasteiger partial charge in [-0.3, -0.25) is 0 Å². The van der Waals surface area contributed by atoms with Gasteiger partial charge >= 0.3 is 0 Å². The lowest BCUT2D eigenvalue weighted by Gasteiger charge is -2.46. The van der Waals surface area contributed by atoms with E-state index in [0.29, 0.717) is 0 Å². The van der Waals surface area contributed by atoms with Crippen LogP contribution < -0.4 is 0 Å². The summed E-state index contributed by atoms with van der Waals surface area (Å²) in [5, 5.41) is 0. The van der Waals surface area contributed by atoms with Crippen molar-refractivity contribution in [2.45, 2.75) is 275 Å². The molecular weight excluding hydrogens is 601 g/mol. The van der Waals surface area contributed by atoms with Gasteiger partial charge in [0.25, 0.3) is 0 Å². The van der Waals surface area contributed by atoms with Gasteiger partial charge in [0.1, 0.15) is 0 Å². The van der Waals surface area contributed by atoms with Gasteiger partial charge in [-0.1, -0.05) is 255 Å². The van der Waals surface area contributed by atoms with Gasteiger partial charge < -0.3 is 0 Å². The van der Waals surface area contributed by atoms with Gasteiger partial charge in [0.2, 0.25) is 0 Å². The molecule has 0 aliphatic rings. The van der Waals surface area contributed by atoms with Gasteiger partial charge in [-0.05, 0) is 66.6 Å². The number of unbranched alkanes of at least 4 members (excludes halogenated alkanes) is 18. The normalized spacial score (nSPS) is 16.9. The number of rotatable bonds is 39. The van der Waals surface area contributed by atoms with Crippen LogP contribution in [0.4, 0.5) is 0 Å². The maximum Gasteiger partial charge on any atom is -0.0352 e. The van der Waals surface area contributed by atoms with E-state index in [1.807, 2.05) is 0 Å². The minimum atomic E-state index is 0.875. The average Bonchev–Trinajstić information content (AvgIpc) is 3.12. The molecule has 0 bridgehead atoms. The van der Waals surface area contributed by atoms with Gasteiger partial charge in [-0.25, -0.2) is 0 Å². The second kappa shape index (κ2) is 36.0. The first-order valence-electron chi connectivity index (χ1n) is 24.4. The first kappa shape index (κ1) is 50.0. The molecule has 0 aromatic carbocycles. The summed E-state index contributed by atoms with van der Waals surface area (Å²) in [5.41, 5.74) is 0. The summed E-state index contributed by atoms with van der Waals surface area (Å²) in [5.74, 6) is 7.32. The van der Waals surface area contributed by atoms with Gasteiger partial charge in [0.05, 0.1) is 0 Å². The zero-order valence-electron chi connectivity index (χ0n) is 37.2. The Kier molecular flexibility index (Phi) is 36.0. The predicted octanol–water partition coefficient (Wildman–Crippen LogP) is 18.6. The minimum absolute atomic E-state index is 0.875. The summed E-state index contributed by atoms with van der Waals surface area (Å²) in [6.45, 7) is 25.1. The van der Waals surface area contributed by atoms with Crippen LogP contribution in [0.3, 0.4) is 0 Å². The Labute approximate surface area is 321 Å². The molecule has 50 heavy (non-hydrogen) atoms. The first-order valence-corrected chi connectivity index (χ1v) is 24.4. The van der Waals surface area contributed by atoms with E-state index in [1.165, 1.54) is 205 Å². The summed E-state index contributed by atoms with van der Waals surface area (Å²) in [6, 6.07) is 0. The molecule has 0 aromatic heterocycles. The Hall–Kier alpha value is 0. The Balaban J connectivity index is 6.55. The Morgan fingerprint density at radius 3 is 1.10 bits per heavy atom. The fourth-order valence-electron chi connectivity index (χ4n) is 10.7. The first-order chi connectivity index (χ1) is 24.4. The summed E-state index contributed by atoms with van der Waals surface area (Å²) in [4.78, 5) is 0. The number of hydrogen-bond donors (Lipinski definition) is 0. The third-order valence-corrected chi connectivity index (χ3v) is 13.8. The Morgan fingerprint density at radius 2 is 0.620 bits per heavy atom. The highest BCUT2D eigenvalue weighted by molar-refractivity contribution is 4.89. The van der Waals surface area contributed by atoms with Crippen molar-refractivity contribution >= 4 is 0 Å². The maximum atomic E-state index is 2.82. The Morgan fingerprint density at radius 1 is 0.260 bits per heavy atom. The SMILES string of the molecule is CCCCCCCCC(C)C(CC)C(CCCCCC)C(CCC)C(CCCCC)C(C)C(CCCCCCC)C(CC)CCCCCCC. The largest absolute Gasteiger partial charge is 0.0654 e. The van der Waals surface area contributed by atoms with Crippen LogP contribution in [0, 0.1) is 47.3 Å². The van der Waals surface area contributed by atoms with Crippen molar-refractivity contribution in [3.8, 4) is 0 Å². The third-order valence-electron chi connectivity index (χ3n) is 13.8. The van der Waals surface area contributed by atoms with Crippen molar-refractivity contribution in [2.75, 3.05) is 0 Å². The zero-order chi connectivity index (χ0) is 37.2. The van der Waals surface area contributed by atoms with Crippen LogP contribution in [-0.2, 0) is 0 Å². The lowest BCUT2D eigenvalue weighted by atomic mass is 9.59. The van der Waals surface area contributed by atoms with Crippen molar-refractivity contribution in [2.24, 2.45) is 47.3 Å². The van der Waals surface area contributed by atoms with E-state index in [0.717, 1.165) is 47.3 Å². The Bertz CT molecular complexity index is 650. The molecule has 8 atom stereocenters. The second-order valence-electron chi connectivity index (χ2n) is 17.8. The number of hydrogen-bond acceptors (Lipinski definition) is 0. The van der Waals surface area contributed by atoms with Crippen LogP contribution in [0.15, 0.2) is 0 Å². The average molecular weight is 703 g/mol. The lowest BCUT2D eigenvalue weighted by Crippen LogP contribution is -2.38. The highest BCUT2D eigenvalue weighted by Gasteiger charge is 2.40. The van der Waals surface area contributed by atoms with Crippen LogP contribution in [0.25, 0.3) is 0 Å². The summed E-state index contributed by atoms with van der Waals surface area (Å²) in [6.07, 6.45) is 46.2. The van der Waals surface area contributed by atoms with E-state index in [2.05, 4.69) is 69.2 Å². The van der Waals surface area contributed by atoms with Crippen molar-refractivity contribution in [1.82, 2.24) is 0 Å². The summed E-state index contributed by atoms with van der Waals surface area (Å²) < 4.78 is 0. The highest BCUT2D eigenvalue weighted by atomic mass is 14.5. The van der Waals surface area contributed by atoms with Gasteiger partial charge in [0, 0.05) is 0 Å². The van der Waals surface area contributed by atoms with E-state index in [4.69, 9.17) is 0 Å². The molecule has 0 radical (unpaired) electrons. The fourth-order valence-corrected chi connectivity index (χ4v) is 10.7. The van der Waals surface area contributed by atoms with E-state index in [-0.39, 0.29) is 0 Å². The molecule has 0 heterocycles. The molecule has 0 spiro atoms. The zero-order valence-corrected chi connectivity index (χ0v) is 37.2. The van der Waals surface area contributed by atoms with Crippen molar-refractivity contribution in [3.05, 3.63) is 0 Å². The smallest absolute Gasteiger partial charge is 0.0352 e. The van der Waals surface area contributed by atoms with E-state index in [9.17, 15) is 0 Å².